The van der Waals surface area contributed by atoms with Crippen LogP contribution in [0.4, 0.5) is 0 Å². The van der Waals surface area contributed by atoms with Gasteiger partial charge >= 0.3 is 0 Å². The van der Waals surface area contributed by atoms with Gasteiger partial charge in [0.05, 0.1) is 11.2 Å². The van der Waals surface area contributed by atoms with E-state index in [1.165, 1.54) is 5.56 Å². The summed E-state index contributed by atoms with van der Waals surface area (Å²) in [6.45, 7) is 0.181. The molecule has 1 N–H and O–H groups in total. The molecule has 0 fully saturated rings. The van der Waals surface area contributed by atoms with Crippen molar-refractivity contribution in [3.05, 3.63) is 51.4 Å². The van der Waals surface area contributed by atoms with Crippen LogP contribution in [0.1, 0.15) is 11.3 Å². The average molecular weight is 268 g/mol. The van der Waals surface area contributed by atoms with Crippen LogP contribution in [-0.2, 0) is 12.8 Å². The second-order valence-electron chi connectivity index (χ2n) is 4.06. The van der Waals surface area contributed by atoms with Crippen molar-refractivity contribution in [2.45, 2.75) is 12.8 Å². The third-order valence-corrected chi connectivity index (χ3v) is 3.56. The summed E-state index contributed by atoms with van der Waals surface area (Å²) in [7, 11) is 0. The molecule has 0 spiro atoms. The fourth-order valence-corrected chi connectivity index (χ4v) is 2.49. The molecule has 0 bridgehead atoms. The maximum atomic E-state index is 9.39. The zero-order chi connectivity index (χ0) is 12.1. The number of hydrogen-bond donors (Lipinski definition) is 1. The van der Waals surface area contributed by atoms with Gasteiger partial charge in [0, 0.05) is 17.0 Å². The number of thiazole rings is 1. The van der Waals surface area contributed by atoms with Gasteiger partial charge in [-0.1, -0.05) is 23.7 Å². The molecule has 1 aromatic heterocycles. The molecule has 1 heterocycles. The van der Waals surface area contributed by atoms with Crippen LogP contribution >= 0.6 is 22.9 Å². The monoisotopic (exact) mass is 267 g/mol. The predicted octanol–water partition coefficient (Wildman–Crippen LogP) is 3.19. The number of rotatable bonds is 5. The molecule has 1 atom stereocenters. The van der Waals surface area contributed by atoms with Crippen LogP contribution < -0.4 is 0 Å². The van der Waals surface area contributed by atoms with Gasteiger partial charge in [-0.05, 0) is 36.5 Å². The lowest BCUT2D eigenvalue weighted by atomic mass is 9.96. The zero-order valence-corrected chi connectivity index (χ0v) is 10.9. The largest absolute Gasteiger partial charge is 0.396 e. The number of aliphatic hydroxyl groups is 1. The summed E-state index contributed by atoms with van der Waals surface area (Å²) >= 11 is 7.43. The average Bonchev–Trinajstić information content (AvgIpc) is 2.84. The predicted molar refractivity (Wildman–Crippen MR) is 71.5 cm³/mol. The van der Waals surface area contributed by atoms with E-state index in [0.29, 0.717) is 0 Å². The van der Waals surface area contributed by atoms with Gasteiger partial charge in [-0.3, -0.25) is 0 Å². The topological polar surface area (TPSA) is 33.1 Å². The van der Waals surface area contributed by atoms with Crippen molar-refractivity contribution in [1.29, 1.82) is 0 Å². The van der Waals surface area contributed by atoms with Gasteiger partial charge in [-0.2, -0.15) is 0 Å². The highest BCUT2D eigenvalue weighted by atomic mass is 35.5. The van der Waals surface area contributed by atoms with Gasteiger partial charge < -0.3 is 5.11 Å². The van der Waals surface area contributed by atoms with E-state index < -0.39 is 0 Å². The van der Waals surface area contributed by atoms with Crippen LogP contribution in [0.2, 0.25) is 5.02 Å². The van der Waals surface area contributed by atoms with E-state index in [1.54, 1.807) is 11.3 Å². The molecule has 0 saturated heterocycles. The molecule has 90 valence electrons. The first-order valence-electron chi connectivity index (χ1n) is 5.50. The van der Waals surface area contributed by atoms with Crippen LogP contribution in [-0.4, -0.2) is 16.7 Å². The van der Waals surface area contributed by atoms with Gasteiger partial charge in [0.2, 0.25) is 0 Å². The first-order chi connectivity index (χ1) is 8.28. The van der Waals surface area contributed by atoms with E-state index in [2.05, 4.69) is 4.98 Å². The second-order valence-corrected chi connectivity index (χ2v) is 5.22. The molecular weight excluding hydrogens is 254 g/mol. The van der Waals surface area contributed by atoms with E-state index >= 15 is 0 Å². The summed E-state index contributed by atoms with van der Waals surface area (Å²) in [5.74, 6) is 0.221. The van der Waals surface area contributed by atoms with Crippen LogP contribution in [0.5, 0.6) is 0 Å². The molecule has 1 unspecified atom stereocenters. The summed E-state index contributed by atoms with van der Waals surface area (Å²) < 4.78 is 0. The standard InChI is InChI=1S/C13H14ClNOS/c14-12-3-1-10(2-4-12)5-11(7-16)6-13-8-17-9-15-13/h1-4,8-9,11,16H,5-7H2. The lowest BCUT2D eigenvalue weighted by molar-refractivity contribution is 0.224. The Balaban J connectivity index is 1.97. The zero-order valence-electron chi connectivity index (χ0n) is 9.34. The SMILES string of the molecule is OCC(Cc1ccc(Cl)cc1)Cc1cscn1. The minimum absolute atomic E-state index is 0.181. The fraction of sp³-hybridized carbons (Fsp3) is 0.308. The first kappa shape index (κ1) is 12.6. The van der Waals surface area contributed by atoms with E-state index in [4.69, 9.17) is 11.6 Å². The van der Waals surface area contributed by atoms with E-state index in [-0.39, 0.29) is 12.5 Å². The molecule has 0 radical (unpaired) electrons. The van der Waals surface area contributed by atoms with Crippen molar-refractivity contribution < 1.29 is 5.11 Å². The Morgan fingerprint density at radius 3 is 2.59 bits per heavy atom. The lowest BCUT2D eigenvalue weighted by Crippen LogP contribution is -2.13. The Morgan fingerprint density at radius 2 is 2.00 bits per heavy atom. The second kappa shape index (κ2) is 6.15. The molecule has 0 aliphatic heterocycles. The minimum Gasteiger partial charge on any atom is -0.396 e. The molecule has 2 aromatic rings. The highest BCUT2D eigenvalue weighted by molar-refractivity contribution is 7.07. The molecule has 17 heavy (non-hydrogen) atoms. The number of aromatic nitrogens is 1. The molecule has 0 amide bonds. The number of hydrogen-bond acceptors (Lipinski definition) is 3. The third kappa shape index (κ3) is 3.80. The van der Waals surface area contributed by atoms with Crippen LogP contribution in [0.15, 0.2) is 35.2 Å². The van der Waals surface area contributed by atoms with E-state index in [1.807, 2.05) is 35.2 Å². The Labute approximate surface area is 110 Å². The minimum atomic E-state index is 0.181. The molecule has 0 saturated carbocycles. The van der Waals surface area contributed by atoms with Crippen molar-refractivity contribution >= 4 is 22.9 Å². The maximum Gasteiger partial charge on any atom is 0.0794 e. The quantitative estimate of drug-likeness (QED) is 0.903. The van der Waals surface area contributed by atoms with Crippen LogP contribution in [0.25, 0.3) is 0 Å². The van der Waals surface area contributed by atoms with Crippen LogP contribution in [0, 0.1) is 5.92 Å². The molecule has 0 aliphatic rings. The molecule has 1 aromatic carbocycles. The summed E-state index contributed by atoms with van der Waals surface area (Å²) in [6.07, 6.45) is 1.67. The summed E-state index contributed by atoms with van der Waals surface area (Å²) in [5, 5.41) is 12.2. The maximum absolute atomic E-state index is 9.39. The smallest absolute Gasteiger partial charge is 0.0794 e. The number of aliphatic hydroxyl groups excluding tert-OH is 1. The van der Waals surface area contributed by atoms with Gasteiger partial charge in [-0.25, -0.2) is 4.98 Å². The molecule has 2 rings (SSSR count). The number of benzene rings is 1. The lowest BCUT2D eigenvalue weighted by Gasteiger charge is -2.12. The Bertz CT molecular complexity index is 441. The van der Waals surface area contributed by atoms with Crippen molar-refractivity contribution in [3.63, 3.8) is 0 Å². The number of halogens is 1. The van der Waals surface area contributed by atoms with Crippen molar-refractivity contribution in [3.8, 4) is 0 Å². The molecular formula is C13H14ClNOS. The highest BCUT2D eigenvalue weighted by Crippen LogP contribution is 2.16. The van der Waals surface area contributed by atoms with E-state index in [9.17, 15) is 5.11 Å². The van der Waals surface area contributed by atoms with Gasteiger partial charge in [-0.15, -0.1) is 11.3 Å². The van der Waals surface area contributed by atoms with Crippen molar-refractivity contribution in [2.75, 3.05) is 6.61 Å². The molecule has 2 nitrogen and oxygen atoms in total. The molecule has 4 heteroatoms. The third-order valence-electron chi connectivity index (χ3n) is 2.68. The summed E-state index contributed by atoms with van der Waals surface area (Å²) in [4.78, 5) is 4.25. The van der Waals surface area contributed by atoms with E-state index in [0.717, 1.165) is 23.6 Å². The van der Waals surface area contributed by atoms with Crippen LogP contribution in [0.3, 0.4) is 0 Å². The normalized spacial score (nSPS) is 12.6. The Morgan fingerprint density at radius 1 is 1.24 bits per heavy atom. The summed E-state index contributed by atoms with van der Waals surface area (Å²) in [5.41, 5.74) is 4.08. The number of nitrogens with zero attached hydrogens (tertiary/aromatic N) is 1. The van der Waals surface area contributed by atoms with Gasteiger partial charge in [0.1, 0.15) is 0 Å². The highest BCUT2D eigenvalue weighted by Gasteiger charge is 2.10. The van der Waals surface area contributed by atoms with Gasteiger partial charge in [0.15, 0.2) is 0 Å². The summed E-state index contributed by atoms with van der Waals surface area (Å²) in [6, 6.07) is 7.78. The first-order valence-corrected chi connectivity index (χ1v) is 6.82. The van der Waals surface area contributed by atoms with Crippen molar-refractivity contribution in [1.82, 2.24) is 4.98 Å². The Kier molecular flexibility index (Phi) is 4.54. The Hall–Kier alpha value is -0.900. The van der Waals surface area contributed by atoms with Gasteiger partial charge in [0.25, 0.3) is 0 Å². The van der Waals surface area contributed by atoms with Crippen molar-refractivity contribution in [2.24, 2.45) is 5.92 Å². The molecule has 0 aliphatic carbocycles. The fourth-order valence-electron chi connectivity index (χ4n) is 1.79.